The average molecular weight is 439 g/mol. The Bertz CT molecular complexity index is 1310. The Kier molecular flexibility index (Phi) is 6.69. The maximum atomic E-state index is 12.8. The SMILES string of the molecule is COc1cc(/C=N\NC(=O)c2c(C)ccc3ccccc23)ccc1OCc1ccc(C)cc1. The Morgan fingerprint density at radius 3 is 2.52 bits per heavy atom. The first-order valence-corrected chi connectivity index (χ1v) is 10.7. The summed E-state index contributed by atoms with van der Waals surface area (Å²) in [6.07, 6.45) is 1.59. The number of hydrogen-bond acceptors (Lipinski definition) is 4. The summed E-state index contributed by atoms with van der Waals surface area (Å²) in [5.74, 6) is 0.999. The van der Waals surface area contributed by atoms with E-state index in [1.165, 1.54) is 5.56 Å². The number of methoxy groups -OCH3 is 1. The Balaban J connectivity index is 1.45. The van der Waals surface area contributed by atoms with Gasteiger partial charge in [-0.3, -0.25) is 4.79 Å². The quantitative estimate of drug-likeness (QED) is 0.293. The molecule has 1 amide bonds. The van der Waals surface area contributed by atoms with Gasteiger partial charge >= 0.3 is 0 Å². The third-order valence-electron chi connectivity index (χ3n) is 5.45. The minimum absolute atomic E-state index is 0.245. The van der Waals surface area contributed by atoms with E-state index in [9.17, 15) is 4.79 Å². The van der Waals surface area contributed by atoms with Crippen molar-refractivity contribution in [1.82, 2.24) is 5.43 Å². The van der Waals surface area contributed by atoms with Gasteiger partial charge in [0.25, 0.3) is 5.91 Å². The summed E-state index contributed by atoms with van der Waals surface area (Å²) in [6.45, 7) is 4.43. The van der Waals surface area contributed by atoms with Gasteiger partial charge in [0.05, 0.1) is 18.9 Å². The molecule has 4 aromatic rings. The van der Waals surface area contributed by atoms with Gasteiger partial charge in [-0.05, 0) is 59.5 Å². The summed E-state index contributed by atoms with van der Waals surface area (Å²) < 4.78 is 11.4. The van der Waals surface area contributed by atoms with Gasteiger partial charge in [-0.1, -0.05) is 66.2 Å². The maximum absolute atomic E-state index is 12.8. The molecule has 0 aromatic heterocycles. The number of hydrazone groups is 1. The van der Waals surface area contributed by atoms with Crippen LogP contribution in [0.15, 0.2) is 84.0 Å². The van der Waals surface area contributed by atoms with Crippen LogP contribution in [0.2, 0.25) is 0 Å². The van der Waals surface area contributed by atoms with Crippen molar-refractivity contribution in [1.29, 1.82) is 0 Å². The summed E-state index contributed by atoms with van der Waals surface area (Å²) in [5.41, 5.74) is 7.25. The Morgan fingerprint density at radius 1 is 0.939 bits per heavy atom. The molecule has 0 bridgehead atoms. The first kappa shape index (κ1) is 22.1. The van der Waals surface area contributed by atoms with Crippen molar-refractivity contribution in [3.05, 3.63) is 107 Å². The zero-order valence-electron chi connectivity index (χ0n) is 19.0. The van der Waals surface area contributed by atoms with Crippen LogP contribution in [0.5, 0.6) is 11.5 Å². The van der Waals surface area contributed by atoms with E-state index in [2.05, 4.69) is 29.6 Å². The number of ether oxygens (including phenoxy) is 2. The lowest BCUT2D eigenvalue weighted by molar-refractivity contribution is 0.0956. The molecule has 5 heteroatoms. The van der Waals surface area contributed by atoms with Crippen molar-refractivity contribution in [3.8, 4) is 11.5 Å². The van der Waals surface area contributed by atoms with Crippen LogP contribution in [0.1, 0.15) is 32.6 Å². The predicted molar refractivity (Wildman–Crippen MR) is 132 cm³/mol. The molecule has 0 fully saturated rings. The van der Waals surface area contributed by atoms with E-state index >= 15 is 0 Å². The first-order valence-electron chi connectivity index (χ1n) is 10.7. The van der Waals surface area contributed by atoms with Crippen molar-refractivity contribution < 1.29 is 14.3 Å². The summed E-state index contributed by atoms with van der Waals surface area (Å²) in [4.78, 5) is 12.8. The normalized spacial score (nSPS) is 11.0. The largest absolute Gasteiger partial charge is 0.493 e. The molecule has 0 aliphatic carbocycles. The number of hydrogen-bond donors (Lipinski definition) is 1. The number of benzene rings is 4. The zero-order chi connectivity index (χ0) is 23.2. The van der Waals surface area contributed by atoms with Crippen LogP contribution in [-0.4, -0.2) is 19.2 Å². The Morgan fingerprint density at radius 2 is 1.73 bits per heavy atom. The number of rotatable bonds is 7. The molecule has 0 aliphatic rings. The van der Waals surface area contributed by atoms with E-state index in [1.807, 2.05) is 73.7 Å². The van der Waals surface area contributed by atoms with Crippen molar-refractivity contribution in [2.45, 2.75) is 20.5 Å². The van der Waals surface area contributed by atoms with E-state index in [0.717, 1.165) is 27.5 Å². The van der Waals surface area contributed by atoms with Crippen LogP contribution in [0.3, 0.4) is 0 Å². The molecule has 0 aliphatic heterocycles. The molecule has 4 rings (SSSR count). The van der Waals surface area contributed by atoms with Gasteiger partial charge in [-0.2, -0.15) is 5.10 Å². The van der Waals surface area contributed by atoms with Gasteiger partial charge in [0.2, 0.25) is 0 Å². The fourth-order valence-electron chi connectivity index (χ4n) is 3.63. The van der Waals surface area contributed by atoms with Gasteiger partial charge in [-0.25, -0.2) is 5.43 Å². The molecule has 0 atom stereocenters. The van der Waals surface area contributed by atoms with E-state index in [1.54, 1.807) is 13.3 Å². The van der Waals surface area contributed by atoms with Crippen molar-refractivity contribution in [3.63, 3.8) is 0 Å². The smallest absolute Gasteiger partial charge is 0.272 e. The molecule has 0 radical (unpaired) electrons. The van der Waals surface area contributed by atoms with Crippen molar-refractivity contribution >= 4 is 22.9 Å². The van der Waals surface area contributed by atoms with Crippen LogP contribution >= 0.6 is 0 Å². The van der Waals surface area contributed by atoms with E-state index in [4.69, 9.17) is 9.47 Å². The van der Waals surface area contributed by atoms with Crippen LogP contribution in [0, 0.1) is 13.8 Å². The maximum Gasteiger partial charge on any atom is 0.272 e. The lowest BCUT2D eigenvalue weighted by Crippen LogP contribution is -2.19. The number of aryl methyl sites for hydroxylation is 2. The van der Waals surface area contributed by atoms with Gasteiger partial charge in [-0.15, -0.1) is 0 Å². The van der Waals surface area contributed by atoms with E-state index < -0.39 is 0 Å². The highest BCUT2D eigenvalue weighted by Gasteiger charge is 2.12. The van der Waals surface area contributed by atoms with Crippen LogP contribution < -0.4 is 14.9 Å². The summed E-state index contributed by atoms with van der Waals surface area (Å²) in [6, 6.07) is 25.5. The lowest BCUT2D eigenvalue weighted by atomic mass is 9.99. The van der Waals surface area contributed by atoms with Crippen molar-refractivity contribution in [2.75, 3.05) is 7.11 Å². The molecular weight excluding hydrogens is 412 g/mol. The number of nitrogens with zero attached hydrogens (tertiary/aromatic N) is 1. The number of carbonyl (C=O) groups is 1. The highest BCUT2D eigenvalue weighted by molar-refractivity contribution is 6.08. The second kappa shape index (κ2) is 10.0. The molecule has 0 heterocycles. The van der Waals surface area contributed by atoms with E-state index in [0.29, 0.717) is 23.7 Å². The molecular formula is C28H26N2O3. The Hall–Kier alpha value is -4.12. The number of amides is 1. The zero-order valence-corrected chi connectivity index (χ0v) is 19.0. The summed E-state index contributed by atoms with van der Waals surface area (Å²) >= 11 is 0. The van der Waals surface area contributed by atoms with Crippen LogP contribution in [0.4, 0.5) is 0 Å². The molecule has 0 saturated carbocycles. The molecule has 0 unspecified atom stereocenters. The molecule has 1 N–H and O–H groups in total. The standard InChI is InChI=1S/C28H26N2O3/c1-19-8-11-21(12-9-19)18-33-25-15-13-22(16-26(25)32-3)17-29-30-28(31)27-20(2)10-14-23-6-4-5-7-24(23)27/h4-17H,18H2,1-3H3,(H,30,31)/b29-17-. The second-order valence-electron chi connectivity index (χ2n) is 7.86. The minimum Gasteiger partial charge on any atom is -0.493 e. The van der Waals surface area contributed by atoms with Crippen LogP contribution in [-0.2, 0) is 6.61 Å². The van der Waals surface area contributed by atoms with Gasteiger partial charge in [0.1, 0.15) is 6.61 Å². The van der Waals surface area contributed by atoms with Crippen molar-refractivity contribution in [2.24, 2.45) is 5.10 Å². The molecule has 166 valence electrons. The van der Waals surface area contributed by atoms with Gasteiger partial charge < -0.3 is 9.47 Å². The minimum atomic E-state index is -0.245. The Labute approximate surface area is 193 Å². The third-order valence-corrected chi connectivity index (χ3v) is 5.45. The number of carbonyl (C=O) groups excluding carboxylic acids is 1. The molecule has 5 nitrogen and oxygen atoms in total. The summed E-state index contributed by atoms with van der Waals surface area (Å²) in [7, 11) is 1.60. The monoisotopic (exact) mass is 438 g/mol. The number of nitrogens with one attached hydrogen (secondary N) is 1. The molecule has 0 spiro atoms. The third kappa shape index (κ3) is 5.21. The van der Waals surface area contributed by atoms with E-state index in [-0.39, 0.29) is 5.91 Å². The second-order valence-corrected chi connectivity index (χ2v) is 7.86. The van der Waals surface area contributed by atoms with Gasteiger partial charge in [0, 0.05) is 0 Å². The highest BCUT2D eigenvalue weighted by atomic mass is 16.5. The van der Waals surface area contributed by atoms with Gasteiger partial charge in [0.15, 0.2) is 11.5 Å². The fraction of sp³-hybridized carbons (Fsp3) is 0.143. The first-order chi connectivity index (χ1) is 16.0. The highest BCUT2D eigenvalue weighted by Crippen LogP contribution is 2.28. The molecule has 4 aromatic carbocycles. The number of fused-ring (bicyclic) bond motifs is 1. The predicted octanol–water partition coefficient (Wildman–Crippen LogP) is 5.81. The summed E-state index contributed by atoms with van der Waals surface area (Å²) in [5, 5.41) is 6.07. The molecule has 0 saturated heterocycles. The fourth-order valence-corrected chi connectivity index (χ4v) is 3.63. The topological polar surface area (TPSA) is 59.9 Å². The molecule has 33 heavy (non-hydrogen) atoms. The lowest BCUT2D eigenvalue weighted by Gasteiger charge is -2.11. The van der Waals surface area contributed by atoms with Crippen LogP contribution in [0.25, 0.3) is 10.8 Å². The average Bonchev–Trinajstić information content (AvgIpc) is 2.83.